The fourth-order valence-electron chi connectivity index (χ4n) is 2.43. The van der Waals surface area contributed by atoms with Crippen LogP contribution in [-0.2, 0) is 0 Å². The van der Waals surface area contributed by atoms with Crippen LogP contribution >= 0.6 is 11.6 Å². The Morgan fingerprint density at radius 1 is 1.47 bits per heavy atom. The zero-order valence-electron chi connectivity index (χ0n) is 10.5. The molecular formula is C13H19ClN2O. The Bertz CT molecular complexity index is 430. The van der Waals surface area contributed by atoms with E-state index in [4.69, 9.17) is 22.1 Å². The highest BCUT2D eigenvalue weighted by atomic mass is 35.5. The van der Waals surface area contributed by atoms with Crippen molar-refractivity contribution in [1.82, 2.24) is 5.32 Å². The number of rotatable bonds is 4. The molecule has 0 radical (unpaired) electrons. The van der Waals surface area contributed by atoms with Crippen molar-refractivity contribution >= 4 is 11.6 Å². The van der Waals surface area contributed by atoms with Crippen LogP contribution in [0.1, 0.15) is 30.0 Å². The third kappa shape index (κ3) is 2.28. The van der Waals surface area contributed by atoms with E-state index in [0.29, 0.717) is 0 Å². The summed E-state index contributed by atoms with van der Waals surface area (Å²) in [6, 6.07) is 3.95. The molecule has 1 unspecified atom stereocenters. The topological polar surface area (TPSA) is 47.3 Å². The lowest BCUT2D eigenvalue weighted by atomic mass is 9.95. The van der Waals surface area contributed by atoms with Crippen LogP contribution in [0.2, 0.25) is 5.02 Å². The number of likely N-dealkylation sites (N-methyl/N-ethyl adjacent to an activating group) is 1. The number of hydrogen-bond acceptors (Lipinski definition) is 3. The summed E-state index contributed by atoms with van der Waals surface area (Å²) in [7, 11) is 3.61. The maximum Gasteiger partial charge on any atom is 0.126 e. The number of benzene rings is 1. The Morgan fingerprint density at radius 3 is 2.59 bits per heavy atom. The quantitative estimate of drug-likeness (QED) is 0.868. The summed E-state index contributed by atoms with van der Waals surface area (Å²) in [4.78, 5) is 0. The van der Waals surface area contributed by atoms with Crippen LogP contribution in [0.4, 0.5) is 0 Å². The zero-order chi connectivity index (χ0) is 12.6. The van der Waals surface area contributed by atoms with Gasteiger partial charge in [0, 0.05) is 16.1 Å². The predicted octanol–water partition coefficient (Wildman–Crippen LogP) is 2.41. The van der Waals surface area contributed by atoms with Crippen molar-refractivity contribution in [2.75, 3.05) is 14.2 Å². The molecule has 1 fully saturated rings. The average Bonchev–Trinajstić information content (AvgIpc) is 2.97. The molecule has 3 nitrogen and oxygen atoms in total. The number of ether oxygens (including phenoxy) is 1. The van der Waals surface area contributed by atoms with Crippen molar-refractivity contribution in [3.63, 3.8) is 0 Å². The van der Waals surface area contributed by atoms with Crippen molar-refractivity contribution < 1.29 is 4.74 Å². The van der Waals surface area contributed by atoms with Gasteiger partial charge in [-0.05, 0) is 44.5 Å². The lowest BCUT2D eigenvalue weighted by Gasteiger charge is -2.26. The molecular weight excluding hydrogens is 236 g/mol. The SMILES string of the molecule is CNC(c1cc(Cl)cc(C)c1OC)C1(N)CC1. The molecule has 0 bridgehead atoms. The minimum absolute atomic E-state index is 0.0925. The van der Waals surface area contributed by atoms with E-state index in [0.717, 1.165) is 34.7 Å². The fraction of sp³-hybridized carbons (Fsp3) is 0.538. The summed E-state index contributed by atoms with van der Waals surface area (Å²) < 4.78 is 5.48. The van der Waals surface area contributed by atoms with Crippen LogP contribution in [0, 0.1) is 6.92 Å². The fourth-order valence-corrected chi connectivity index (χ4v) is 2.72. The molecule has 0 heterocycles. The lowest BCUT2D eigenvalue weighted by molar-refractivity contribution is 0.384. The average molecular weight is 255 g/mol. The van der Waals surface area contributed by atoms with Crippen molar-refractivity contribution in [3.05, 3.63) is 28.3 Å². The second-order valence-electron chi connectivity index (χ2n) is 4.80. The monoisotopic (exact) mass is 254 g/mol. The van der Waals surface area contributed by atoms with E-state index in [-0.39, 0.29) is 11.6 Å². The van der Waals surface area contributed by atoms with Crippen LogP contribution in [-0.4, -0.2) is 19.7 Å². The molecule has 0 amide bonds. The van der Waals surface area contributed by atoms with Crippen LogP contribution in [0.5, 0.6) is 5.75 Å². The number of methoxy groups -OCH3 is 1. The first-order valence-electron chi connectivity index (χ1n) is 5.82. The summed E-state index contributed by atoms with van der Waals surface area (Å²) in [5.41, 5.74) is 8.24. The zero-order valence-corrected chi connectivity index (χ0v) is 11.3. The minimum Gasteiger partial charge on any atom is -0.496 e. The lowest BCUT2D eigenvalue weighted by Crippen LogP contribution is -2.38. The number of nitrogens with two attached hydrogens (primary N) is 1. The summed E-state index contributed by atoms with van der Waals surface area (Å²) >= 11 is 6.13. The van der Waals surface area contributed by atoms with Gasteiger partial charge in [-0.2, -0.15) is 0 Å². The van der Waals surface area contributed by atoms with Gasteiger partial charge in [-0.25, -0.2) is 0 Å². The predicted molar refractivity (Wildman–Crippen MR) is 70.7 cm³/mol. The normalized spacial score (nSPS) is 18.9. The van der Waals surface area contributed by atoms with Crippen LogP contribution < -0.4 is 15.8 Å². The number of nitrogens with one attached hydrogen (secondary N) is 1. The molecule has 4 heteroatoms. The molecule has 2 rings (SSSR count). The summed E-state index contributed by atoms with van der Waals surface area (Å²) in [6.07, 6.45) is 2.07. The van der Waals surface area contributed by atoms with E-state index in [1.54, 1.807) is 7.11 Å². The molecule has 17 heavy (non-hydrogen) atoms. The maximum atomic E-state index is 6.30. The molecule has 3 N–H and O–H groups in total. The van der Waals surface area contributed by atoms with E-state index in [1.807, 2.05) is 26.1 Å². The third-order valence-corrected chi connectivity index (χ3v) is 3.69. The number of hydrogen-bond donors (Lipinski definition) is 2. The number of halogens is 1. The van der Waals surface area contributed by atoms with Gasteiger partial charge in [0.1, 0.15) is 5.75 Å². The largest absolute Gasteiger partial charge is 0.496 e. The van der Waals surface area contributed by atoms with Gasteiger partial charge in [0.25, 0.3) is 0 Å². The molecule has 1 aromatic carbocycles. The van der Waals surface area contributed by atoms with Crippen molar-refractivity contribution in [1.29, 1.82) is 0 Å². The Morgan fingerprint density at radius 2 is 2.12 bits per heavy atom. The first-order chi connectivity index (χ1) is 8.01. The van der Waals surface area contributed by atoms with Gasteiger partial charge in [-0.1, -0.05) is 11.6 Å². The Labute approximate surface area is 107 Å². The summed E-state index contributed by atoms with van der Waals surface area (Å²) in [6.45, 7) is 2.00. The molecule has 94 valence electrons. The first kappa shape index (κ1) is 12.7. The molecule has 1 atom stereocenters. The molecule has 1 saturated carbocycles. The van der Waals surface area contributed by atoms with Crippen LogP contribution in [0.15, 0.2) is 12.1 Å². The van der Waals surface area contributed by atoms with Gasteiger partial charge < -0.3 is 15.8 Å². The highest BCUT2D eigenvalue weighted by molar-refractivity contribution is 6.30. The van der Waals surface area contributed by atoms with Gasteiger partial charge >= 0.3 is 0 Å². The van der Waals surface area contributed by atoms with Crippen LogP contribution in [0.25, 0.3) is 0 Å². The molecule has 1 aromatic rings. The van der Waals surface area contributed by atoms with E-state index in [1.165, 1.54) is 0 Å². The Hall–Kier alpha value is -0.770. The molecule has 1 aliphatic rings. The van der Waals surface area contributed by atoms with Crippen molar-refractivity contribution in [2.45, 2.75) is 31.3 Å². The Kier molecular flexibility index (Phi) is 3.34. The molecule has 0 aliphatic heterocycles. The van der Waals surface area contributed by atoms with Gasteiger partial charge in [-0.15, -0.1) is 0 Å². The maximum absolute atomic E-state index is 6.30. The molecule has 1 aliphatic carbocycles. The van der Waals surface area contributed by atoms with E-state index in [2.05, 4.69) is 5.32 Å². The second-order valence-corrected chi connectivity index (χ2v) is 5.24. The molecule has 0 aromatic heterocycles. The molecule has 0 saturated heterocycles. The smallest absolute Gasteiger partial charge is 0.126 e. The molecule has 0 spiro atoms. The van der Waals surface area contributed by atoms with E-state index in [9.17, 15) is 0 Å². The first-order valence-corrected chi connectivity index (χ1v) is 6.20. The summed E-state index contributed by atoms with van der Waals surface area (Å²) in [5, 5.41) is 4.01. The minimum atomic E-state index is -0.154. The van der Waals surface area contributed by atoms with Gasteiger partial charge in [0.2, 0.25) is 0 Å². The van der Waals surface area contributed by atoms with Gasteiger partial charge in [-0.3, -0.25) is 0 Å². The second kappa shape index (κ2) is 4.48. The van der Waals surface area contributed by atoms with Crippen LogP contribution in [0.3, 0.4) is 0 Å². The number of aryl methyl sites for hydroxylation is 1. The van der Waals surface area contributed by atoms with E-state index >= 15 is 0 Å². The van der Waals surface area contributed by atoms with Crippen molar-refractivity contribution in [2.24, 2.45) is 5.73 Å². The van der Waals surface area contributed by atoms with Crippen molar-refractivity contribution in [3.8, 4) is 5.75 Å². The van der Waals surface area contributed by atoms with E-state index < -0.39 is 0 Å². The third-order valence-electron chi connectivity index (χ3n) is 3.47. The van der Waals surface area contributed by atoms with Gasteiger partial charge in [0.15, 0.2) is 0 Å². The Balaban J connectivity index is 2.48. The summed E-state index contributed by atoms with van der Waals surface area (Å²) in [5.74, 6) is 0.880. The highest BCUT2D eigenvalue weighted by Crippen LogP contribution is 2.46. The van der Waals surface area contributed by atoms with Gasteiger partial charge in [0.05, 0.1) is 13.2 Å². The highest BCUT2D eigenvalue weighted by Gasteiger charge is 2.46. The standard InChI is InChI=1S/C13H19ClN2O/c1-8-6-9(14)7-10(11(8)17-3)12(16-2)13(15)4-5-13/h6-7,12,16H,4-5,15H2,1-3H3.